The predicted octanol–water partition coefficient (Wildman–Crippen LogP) is 2.09. The molecule has 1 amide bonds. The summed E-state index contributed by atoms with van der Waals surface area (Å²) in [5.41, 5.74) is 0.636. The maximum atomic E-state index is 11.8. The maximum Gasteiger partial charge on any atom is 0.410 e. The van der Waals surface area contributed by atoms with Gasteiger partial charge in [-0.05, 0) is 27.7 Å². The molecular weight excluding hydrogens is 192 g/mol. The number of hydrogen-bond acceptors (Lipinski definition) is 3. The third kappa shape index (κ3) is 3.22. The van der Waals surface area contributed by atoms with E-state index in [1.807, 2.05) is 27.7 Å². The van der Waals surface area contributed by atoms with Gasteiger partial charge in [-0.25, -0.2) is 4.79 Å². The summed E-state index contributed by atoms with van der Waals surface area (Å²) in [6, 6.07) is 0.193. The Balaban J connectivity index is 2.62. The van der Waals surface area contributed by atoms with E-state index < -0.39 is 5.60 Å². The summed E-state index contributed by atoms with van der Waals surface area (Å²) < 4.78 is 5.32. The van der Waals surface area contributed by atoms with Crippen LogP contribution in [-0.2, 0) is 4.74 Å². The van der Waals surface area contributed by atoms with Gasteiger partial charge < -0.3 is 4.74 Å². The molecule has 0 aromatic heterocycles. The van der Waals surface area contributed by atoms with Gasteiger partial charge in [0.25, 0.3) is 0 Å². The van der Waals surface area contributed by atoms with E-state index in [2.05, 4.69) is 4.99 Å². The molecule has 0 aliphatic carbocycles. The van der Waals surface area contributed by atoms with Gasteiger partial charge in [0, 0.05) is 25.2 Å². The molecule has 1 aliphatic rings. The number of aliphatic imine (C=N–C) groups is 1. The zero-order valence-corrected chi connectivity index (χ0v) is 10.2. The van der Waals surface area contributed by atoms with E-state index in [9.17, 15) is 4.79 Å². The third-order valence-corrected chi connectivity index (χ3v) is 2.36. The number of amides is 1. The fraction of sp³-hybridized carbons (Fsp3) is 0.818. The standard InChI is InChI=1S/C11H20N2O2/c1-8-6-9(12-5)7-13(8)10(14)15-11(2,3)4/h8H,6-7H2,1-5H3/t8-/m1/s1. The molecule has 1 heterocycles. The zero-order valence-electron chi connectivity index (χ0n) is 10.2. The highest BCUT2D eigenvalue weighted by atomic mass is 16.6. The summed E-state index contributed by atoms with van der Waals surface area (Å²) in [5, 5.41) is 0. The molecule has 4 heteroatoms. The first-order chi connectivity index (χ1) is 6.83. The second-order valence-corrected chi connectivity index (χ2v) is 4.95. The van der Waals surface area contributed by atoms with E-state index in [1.54, 1.807) is 11.9 Å². The first kappa shape index (κ1) is 12.0. The van der Waals surface area contributed by atoms with Crippen LogP contribution in [-0.4, -0.2) is 41.9 Å². The number of rotatable bonds is 0. The average molecular weight is 212 g/mol. The number of hydrogen-bond donors (Lipinski definition) is 0. The molecule has 1 rings (SSSR count). The fourth-order valence-electron chi connectivity index (χ4n) is 1.60. The minimum absolute atomic E-state index is 0.193. The molecule has 0 aromatic carbocycles. The van der Waals surface area contributed by atoms with Gasteiger partial charge in [-0.15, -0.1) is 0 Å². The fourth-order valence-corrected chi connectivity index (χ4v) is 1.60. The van der Waals surface area contributed by atoms with Gasteiger partial charge in [0.15, 0.2) is 0 Å². The van der Waals surface area contributed by atoms with Crippen molar-refractivity contribution in [1.82, 2.24) is 4.90 Å². The normalized spacial score (nSPS) is 24.7. The number of nitrogens with zero attached hydrogens (tertiary/aromatic N) is 2. The van der Waals surface area contributed by atoms with Crippen molar-refractivity contribution in [3.63, 3.8) is 0 Å². The molecule has 0 radical (unpaired) electrons. The van der Waals surface area contributed by atoms with Crippen LogP contribution in [0, 0.1) is 0 Å². The van der Waals surface area contributed by atoms with Crippen LogP contribution in [0.15, 0.2) is 4.99 Å². The van der Waals surface area contributed by atoms with Crippen LogP contribution in [0.4, 0.5) is 4.79 Å². The van der Waals surface area contributed by atoms with E-state index >= 15 is 0 Å². The van der Waals surface area contributed by atoms with Crippen LogP contribution in [0.2, 0.25) is 0 Å². The minimum atomic E-state index is -0.428. The molecule has 1 fully saturated rings. The van der Waals surface area contributed by atoms with E-state index in [4.69, 9.17) is 4.74 Å². The SMILES string of the molecule is CN=C1C[C@@H](C)N(C(=O)OC(C)(C)C)C1. The molecule has 0 spiro atoms. The lowest BCUT2D eigenvalue weighted by Gasteiger charge is -2.26. The second-order valence-electron chi connectivity index (χ2n) is 4.95. The smallest absolute Gasteiger partial charge is 0.410 e. The van der Waals surface area contributed by atoms with E-state index in [1.165, 1.54) is 0 Å². The quantitative estimate of drug-likeness (QED) is 0.617. The molecule has 1 saturated heterocycles. The Kier molecular flexibility index (Phi) is 3.37. The highest BCUT2D eigenvalue weighted by molar-refractivity contribution is 5.92. The highest BCUT2D eigenvalue weighted by Crippen LogP contribution is 2.18. The number of carbonyl (C=O) groups is 1. The molecule has 1 aliphatic heterocycles. The molecule has 4 nitrogen and oxygen atoms in total. The van der Waals surface area contributed by atoms with Gasteiger partial charge in [-0.2, -0.15) is 0 Å². The van der Waals surface area contributed by atoms with Gasteiger partial charge in [-0.3, -0.25) is 9.89 Å². The van der Waals surface area contributed by atoms with Crippen LogP contribution >= 0.6 is 0 Å². The van der Waals surface area contributed by atoms with E-state index in [0.29, 0.717) is 6.54 Å². The predicted molar refractivity (Wildman–Crippen MR) is 60.4 cm³/mol. The topological polar surface area (TPSA) is 41.9 Å². The van der Waals surface area contributed by atoms with Crippen LogP contribution in [0.3, 0.4) is 0 Å². The molecule has 0 saturated carbocycles. The molecule has 0 bridgehead atoms. The van der Waals surface area contributed by atoms with Crippen molar-refractivity contribution in [3.8, 4) is 0 Å². The molecule has 86 valence electrons. The summed E-state index contributed by atoms with van der Waals surface area (Å²) in [6.45, 7) is 8.25. The largest absolute Gasteiger partial charge is 0.444 e. The second kappa shape index (κ2) is 4.21. The van der Waals surface area contributed by atoms with Crippen LogP contribution in [0.5, 0.6) is 0 Å². The van der Waals surface area contributed by atoms with E-state index in [0.717, 1.165) is 12.1 Å². The summed E-state index contributed by atoms with van der Waals surface area (Å²) in [6.07, 6.45) is 0.615. The lowest BCUT2D eigenvalue weighted by molar-refractivity contribution is 0.0245. The first-order valence-corrected chi connectivity index (χ1v) is 5.27. The summed E-state index contributed by atoms with van der Waals surface area (Å²) in [7, 11) is 1.76. The Bertz CT molecular complexity index is 279. The lowest BCUT2D eigenvalue weighted by atomic mass is 10.2. The molecule has 0 aromatic rings. The van der Waals surface area contributed by atoms with Crippen molar-refractivity contribution in [2.75, 3.05) is 13.6 Å². The van der Waals surface area contributed by atoms with Crippen molar-refractivity contribution in [2.45, 2.75) is 45.8 Å². The number of carbonyl (C=O) groups excluding carboxylic acids is 1. The van der Waals surface area contributed by atoms with Gasteiger partial charge in [0.2, 0.25) is 0 Å². The minimum Gasteiger partial charge on any atom is -0.444 e. The summed E-state index contributed by atoms with van der Waals surface area (Å²) >= 11 is 0. The third-order valence-electron chi connectivity index (χ3n) is 2.36. The molecule has 15 heavy (non-hydrogen) atoms. The Hall–Kier alpha value is -1.06. The van der Waals surface area contributed by atoms with Crippen LogP contribution < -0.4 is 0 Å². The Morgan fingerprint density at radius 1 is 1.53 bits per heavy atom. The number of likely N-dealkylation sites (tertiary alicyclic amines) is 1. The summed E-state index contributed by atoms with van der Waals surface area (Å²) in [5.74, 6) is 0. The summed E-state index contributed by atoms with van der Waals surface area (Å²) in [4.78, 5) is 17.6. The molecular formula is C11H20N2O2. The Labute approximate surface area is 91.3 Å². The monoisotopic (exact) mass is 212 g/mol. The van der Waals surface area contributed by atoms with Gasteiger partial charge in [-0.1, -0.05) is 0 Å². The van der Waals surface area contributed by atoms with Crippen molar-refractivity contribution in [3.05, 3.63) is 0 Å². The highest BCUT2D eigenvalue weighted by Gasteiger charge is 2.32. The first-order valence-electron chi connectivity index (χ1n) is 5.27. The van der Waals surface area contributed by atoms with Crippen molar-refractivity contribution >= 4 is 11.8 Å². The van der Waals surface area contributed by atoms with Crippen LogP contribution in [0.1, 0.15) is 34.1 Å². The lowest BCUT2D eigenvalue weighted by Crippen LogP contribution is -2.38. The number of ether oxygens (including phenoxy) is 1. The van der Waals surface area contributed by atoms with Crippen molar-refractivity contribution < 1.29 is 9.53 Å². The van der Waals surface area contributed by atoms with Crippen LogP contribution in [0.25, 0.3) is 0 Å². The zero-order chi connectivity index (χ0) is 11.6. The van der Waals surface area contributed by atoms with E-state index in [-0.39, 0.29) is 12.1 Å². The van der Waals surface area contributed by atoms with Gasteiger partial charge in [0.1, 0.15) is 5.60 Å². The molecule has 0 unspecified atom stereocenters. The van der Waals surface area contributed by atoms with Crippen molar-refractivity contribution in [2.24, 2.45) is 4.99 Å². The van der Waals surface area contributed by atoms with Gasteiger partial charge >= 0.3 is 6.09 Å². The maximum absolute atomic E-state index is 11.8. The Morgan fingerprint density at radius 3 is 2.53 bits per heavy atom. The molecule has 1 atom stereocenters. The molecule has 0 N–H and O–H groups in total. The van der Waals surface area contributed by atoms with Crippen molar-refractivity contribution in [1.29, 1.82) is 0 Å². The average Bonchev–Trinajstić information content (AvgIpc) is 2.43. The Morgan fingerprint density at radius 2 is 2.13 bits per heavy atom. The van der Waals surface area contributed by atoms with Gasteiger partial charge in [0.05, 0.1) is 6.54 Å².